The molecule has 0 spiro atoms. The van der Waals surface area contributed by atoms with E-state index in [0.717, 1.165) is 63.1 Å². The predicted octanol–water partition coefficient (Wildman–Crippen LogP) is 2.59. The maximum atomic E-state index is 12.6. The Morgan fingerprint density at radius 3 is 2.50 bits per heavy atom. The Morgan fingerprint density at radius 1 is 1.17 bits per heavy atom. The number of rotatable bonds is 3. The largest absolute Gasteiger partial charge is 0.339 e. The molecule has 2 heterocycles. The first-order chi connectivity index (χ1) is 11.2. The Balaban J connectivity index is 0.00000208. The summed E-state index contributed by atoms with van der Waals surface area (Å²) >= 11 is 0. The molecule has 0 aromatic heterocycles. The monoisotopic (exact) mass is 351 g/mol. The molecule has 2 amide bonds. The van der Waals surface area contributed by atoms with Crippen molar-refractivity contribution < 1.29 is 9.59 Å². The fraction of sp³-hybridized carbons (Fsp3) is 0.556. The molecule has 0 saturated carbocycles. The van der Waals surface area contributed by atoms with E-state index >= 15 is 0 Å². The molecule has 0 bridgehead atoms. The van der Waals surface area contributed by atoms with Crippen molar-refractivity contribution in [2.75, 3.05) is 31.5 Å². The topological polar surface area (TPSA) is 61.4 Å². The van der Waals surface area contributed by atoms with Crippen molar-refractivity contribution >= 4 is 29.9 Å². The summed E-state index contributed by atoms with van der Waals surface area (Å²) in [6, 6.07) is 5.60. The fourth-order valence-electron chi connectivity index (χ4n) is 3.41. The van der Waals surface area contributed by atoms with Crippen LogP contribution in [0.3, 0.4) is 0 Å². The minimum Gasteiger partial charge on any atom is -0.339 e. The molecule has 132 valence electrons. The van der Waals surface area contributed by atoms with Crippen LogP contribution in [-0.2, 0) is 4.79 Å². The van der Waals surface area contributed by atoms with Gasteiger partial charge >= 0.3 is 0 Å². The molecular formula is C18H26ClN3O2. The molecule has 5 nitrogen and oxygen atoms in total. The van der Waals surface area contributed by atoms with Crippen LogP contribution in [0.1, 0.15) is 41.6 Å². The van der Waals surface area contributed by atoms with E-state index in [1.807, 2.05) is 30.0 Å². The van der Waals surface area contributed by atoms with E-state index in [1.54, 1.807) is 0 Å². The molecule has 0 unspecified atom stereocenters. The number of anilines is 1. The van der Waals surface area contributed by atoms with E-state index in [2.05, 4.69) is 10.6 Å². The molecule has 6 heteroatoms. The average Bonchev–Trinajstić information content (AvgIpc) is 3.11. The van der Waals surface area contributed by atoms with Crippen LogP contribution in [0.4, 0.5) is 5.69 Å². The Labute approximate surface area is 149 Å². The number of carbonyl (C=O) groups excluding carboxylic acids is 2. The van der Waals surface area contributed by atoms with Crippen LogP contribution in [0.5, 0.6) is 0 Å². The van der Waals surface area contributed by atoms with E-state index in [4.69, 9.17) is 0 Å². The highest BCUT2D eigenvalue weighted by Crippen LogP contribution is 2.23. The van der Waals surface area contributed by atoms with Gasteiger partial charge in [0.25, 0.3) is 5.91 Å². The second kappa shape index (κ2) is 8.49. The smallest absolute Gasteiger partial charge is 0.254 e. The number of piperidine rings is 1. The Bertz CT molecular complexity index is 594. The van der Waals surface area contributed by atoms with Crippen LogP contribution in [0.2, 0.25) is 0 Å². The van der Waals surface area contributed by atoms with Crippen LogP contribution < -0.4 is 10.6 Å². The molecule has 2 aliphatic rings. The van der Waals surface area contributed by atoms with Gasteiger partial charge in [0.2, 0.25) is 5.91 Å². The van der Waals surface area contributed by atoms with Crippen LogP contribution in [0.15, 0.2) is 18.2 Å². The lowest BCUT2D eigenvalue weighted by Gasteiger charge is -2.23. The van der Waals surface area contributed by atoms with Gasteiger partial charge in [0, 0.05) is 30.3 Å². The second-order valence-corrected chi connectivity index (χ2v) is 6.49. The maximum Gasteiger partial charge on any atom is 0.254 e. The highest BCUT2D eigenvalue weighted by molar-refractivity contribution is 5.99. The first-order valence-electron chi connectivity index (χ1n) is 8.57. The fourth-order valence-corrected chi connectivity index (χ4v) is 3.41. The van der Waals surface area contributed by atoms with Gasteiger partial charge in [-0.05, 0) is 63.4 Å². The zero-order valence-corrected chi connectivity index (χ0v) is 15.0. The molecule has 2 N–H and O–H groups in total. The highest BCUT2D eigenvalue weighted by atomic mass is 35.5. The SMILES string of the molecule is Cc1c(NC(=O)C2CCNCC2)cccc1C(=O)N1CCCC1.Cl. The molecular weight excluding hydrogens is 326 g/mol. The summed E-state index contributed by atoms with van der Waals surface area (Å²) in [5, 5.41) is 6.30. The van der Waals surface area contributed by atoms with Gasteiger partial charge in [-0.1, -0.05) is 6.07 Å². The zero-order valence-electron chi connectivity index (χ0n) is 14.1. The number of carbonyl (C=O) groups is 2. The molecule has 1 aromatic carbocycles. The lowest BCUT2D eigenvalue weighted by atomic mass is 9.96. The van der Waals surface area contributed by atoms with Crippen molar-refractivity contribution in [2.45, 2.75) is 32.6 Å². The number of nitrogens with zero attached hydrogens (tertiary/aromatic N) is 1. The standard InChI is InChI=1S/C18H25N3O2.ClH/c1-13-15(18(23)21-11-2-3-12-21)5-4-6-16(13)20-17(22)14-7-9-19-10-8-14;/h4-6,14,19H,2-3,7-12H2,1H3,(H,20,22);1H. The van der Waals surface area contributed by atoms with Gasteiger partial charge in [0.1, 0.15) is 0 Å². The molecule has 0 radical (unpaired) electrons. The van der Waals surface area contributed by atoms with Crippen LogP contribution in [0.25, 0.3) is 0 Å². The summed E-state index contributed by atoms with van der Waals surface area (Å²) in [6.45, 7) is 5.38. The maximum absolute atomic E-state index is 12.6. The number of halogens is 1. The lowest BCUT2D eigenvalue weighted by molar-refractivity contribution is -0.120. The van der Waals surface area contributed by atoms with Crippen molar-refractivity contribution in [1.29, 1.82) is 0 Å². The van der Waals surface area contributed by atoms with Gasteiger partial charge in [-0.2, -0.15) is 0 Å². The third kappa shape index (κ3) is 4.08. The second-order valence-electron chi connectivity index (χ2n) is 6.49. The van der Waals surface area contributed by atoms with Crippen LogP contribution in [0, 0.1) is 12.8 Å². The van der Waals surface area contributed by atoms with E-state index in [1.165, 1.54) is 0 Å². The van der Waals surface area contributed by atoms with Crippen molar-refractivity contribution in [3.63, 3.8) is 0 Å². The van der Waals surface area contributed by atoms with Crippen molar-refractivity contribution in [1.82, 2.24) is 10.2 Å². The average molecular weight is 352 g/mol. The van der Waals surface area contributed by atoms with Gasteiger partial charge in [-0.15, -0.1) is 12.4 Å². The number of likely N-dealkylation sites (tertiary alicyclic amines) is 1. The van der Waals surface area contributed by atoms with E-state index in [-0.39, 0.29) is 30.1 Å². The minimum absolute atomic E-state index is 0. The van der Waals surface area contributed by atoms with E-state index in [0.29, 0.717) is 5.56 Å². The van der Waals surface area contributed by atoms with Gasteiger partial charge in [-0.25, -0.2) is 0 Å². The number of benzene rings is 1. The normalized spacial score (nSPS) is 18.1. The number of hydrogen-bond acceptors (Lipinski definition) is 3. The quantitative estimate of drug-likeness (QED) is 0.879. The van der Waals surface area contributed by atoms with Crippen LogP contribution in [-0.4, -0.2) is 42.9 Å². The van der Waals surface area contributed by atoms with Gasteiger partial charge in [0.05, 0.1) is 0 Å². The van der Waals surface area contributed by atoms with Crippen molar-refractivity contribution in [3.05, 3.63) is 29.3 Å². The first kappa shape index (κ1) is 18.7. The molecule has 3 rings (SSSR count). The van der Waals surface area contributed by atoms with Crippen molar-refractivity contribution in [3.8, 4) is 0 Å². The number of amides is 2. The number of hydrogen-bond donors (Lipinski definition) is 2. The summed E-state index contributed by atoms with van der Waals surface area (Å²) in [7, 11) is 0. The lowest BCUT2D eigenvalue weighted by Crippen LogP contribution is -2.35. The summed E-state index contributed by atoms with van der Waals surface area (Å²) in [5.41, 5.74) is 2.33. The van der Waals surface area contributed by atoms with Crippen molar-refractivity contribution in [2.24, 2.45) is 5.92 Å². The summed E-state index contributed by atoms with van der Waals surface area (Å²) < 4.78 is 0. The van der Waals surface area contributed by atoms with Crippen LogP contribution >= 0.6 is 12.4 Å². The molecule has 0 atom stereocenters. The highest BCUT2D eigenvalue weighted by Gasteiger charge is 2.24. The summed E-state index contributed by atoms with van der Waals surface area (Å²) in [4.78, 5) is 26.9. The Kier molecular flexibility index (Phi) is 6.63. The molecule has 1 aromatic rings. The van der Waals surface area contributed by atoms with Gasteiger partial charge in [0.15, 0.2) is 0 Å². The van der Waals surface area contributed by atoms with E-state index in [9.17, 15) is 9.59 Å². The molecule has 0 aliphatic carbocycles. The van der Waals surface area contributed by atoms with E-state index < -0.39 is 0 Å². The third-order valence-corrected chi connectivity index (χ3v) is 4.93. The summed E-state index contributed by atoms with van der Waals surface area (Å²) in [6.07, 6.45) is 3.91. The molecule has 2 saturated heterocycles. The number of nitrogens with one attached hydrogen (secondary N) is 2. The zero-order chi connectivity index (χ0) is 16.2. The predicted molar refractivity (Wildman–Crippen MR) is 97.8 cm³/mol. The first-order valence-corrected chi connectivity index (χ1v) is 8.57. The van der Waals surface area contributed by atoms with Gasteiger partial charge < -0.3 is 15.5 Å². The summed E-state index contributed by atoms with van der Waals surface area (Å²) in [5.74, 6) is 0.215. The Hall–Kier alpha value is -1.59. The minimum atomic E-state index is 0. The molecule has 24 heavy (non-hydrogen) atoms. The third-order valence-electron chi connectivity index (χ3n) is 4.93. The van der Waals surface area contributed by atoms with Gasteiger partial charge in [-0.3, -0.25) is 9.59 Å². The molecule has 2 aliphatic heterocycles. The Morgan fingerprint density at radius 2 is 1.83 bits per heavy atom. The molecule has 2 fully saturated rings.